The van der Waals surface area contributed by atoms with Gasteiger partial charge in [0.15, 0.2) is 0 Å². The third kappa shape index (κ3) is 3.89. The second-order valence-electron chi connectivity index (χ2n) is 3.93. The van der Waals surface area contributed by atoms with Crippen LogP contribution in [0.1, 0.15) is 15.2 Å². The molecule has 2 amide bonds. The first-order chi connectivity index (χ1) is 9.15. The topological polar surface area (TPSA) is 71.1 Å². The molecule has 0 saturated heterocycles. The Hall–Kier alpha value is -2.21. The average Bonchev–Trinajstić information content (AvgIpc) is 2.90. The van der Waals surface area contributed by atoms with Crippen LogP contribution >= 0.6 is 11.3 Å². The van der Waals surface area contributed by atoms with E-state index < -0.39 is 0 Å². The number of nitrogens with one attached hydrogen (secondary N) is 2. The Balaban J connectivity index is 1.83. The number of hydrogen-bond acceptors (Lipinski definition) is 4. The summed E-state index contributed by atoms with van der Waals surface area (Å²) in [5.74, 6) is -0.0688. The van der Waals surface area contributed by atoms with Gasteiger partial charge in [-0.05, 0) is 36.1 Å². The maximum absolute atomic E-state index is 11.6. The molecule has 0 spiro atoms. The predicted octanol–water partition coefficient (Wildman–Crippen LogP) is 1.82. The van der Waals surface area contributed by atoms with Crippen LogP contribution in [0.5, 0.6) is 0 Å². The molecule has 2 rings (SSSR count). The summed E-state index contributed by atoms with van der Waals surface area (Å²) >= 11 is 1.33. The molecule has 0 atom stereocenters. The van der Waals surface area contributed by atoms with Crippen LogP contribution in [0.25, 0.3) is 0 Å². The Morgan fingerprint density at radius 3 is 2.89 bits per heavy atom. The van der Waals surface area contributed by atoms with Crippen LogP contribution < -0.4 is 10.6 Å². The molecule has 0 aliphatic heterocycles. The fraction of sp³-hybridized carbons (Fsp3) is 0.154. The summed E-state index contributed by atoms with van der Waals surface area (Å²) in [5, 5.41) is 6.98. The fourth-order valence-corrected chi connectivity index (χ4v) is 2.09. The number of pyridine rings is 1. The van der Waals surface area contributed by atoms with Crippen molar-refractivity contribution in [3.8, 4) is 0 Å². The van der Waals surface area contributed by atoms with Crippen LogP contribution in [-0.4, -0.2) is 23.3 Å². The van der Waals surface area contributed by atoms with Crippen molar-refractivity contribution in [1.82, 2.24) is 10.3 Å². The van der Waals surface area contributed by atoms with Gasteiger partial charge in [-0.3, -0.25) is 9.59 Å². The summed E-state index contributed by atoms with van der Waals surface area (Å²) in [7, 11) is 0. The number of nitrogens with zero attached hydrogens (tertiary/aromatic N) is 1. The highest BCUT2D eigenvalue weighted by atomic mass is 32.1. The largest absolute Gasteiger partial charge is 0.342 e. The summed E-state index contributed by atoms with van der Waals surface area (Å²) in [4.78, 5) is 27.9. The molecule has 0 saturated carbocycles. The number of aromatic nitrogens is 1. The molecule has 0 fully saturated rings. The van der Waals surface area contributed by atoms with E-state index in [9.17, 15) is 9.59 Å². The van der Waals surface area contributed by atoms with Crippen LogP contribution in [0.3, 0.4) is 0 Å². The lowest BCUT2D eigenvalue weighted by Gasteiger charge is -2.06. The Morgan fingerprint density at radius 1 is 1.37 bits per heavy atom. The number of thiophene rings is 1. The molecule has 2 aromatic rings. The molecule has 0 aliphatic rings. The van der Waals surface area contributed by atoms with E-state index in [-0.39, 0.29) is 18.4 Å². The van der Waals surface area contributed by atoms with Crippen LogP contribution in [0.4, 0.5) is 5.82 Å². The molecule has 19 heavy (non-hydrogen) atoms. The average molecular weight is 275 g/mol. The monoisotopic (exact) mass is 275 g/mol. The number of carbonyl (C=O) groups excluding carboxylic acids is 2. The lowest BCUT2D eigenvalue weighted by molar-refractivity contribution is -0.115. The number of amides is 2. The number of anilines is 1. The summed E-state index contributed by atoms with van der Waals surface area (Å²) in [5.41, 5.74) is 1.01. The standard InChI is InChI=1S/C13H13N3O2S/c1-9-4-5-14-11(7-9)16-12(17)8-15-13(18)10-3-2-6-19-10/h2-7H,8H2,1H3,(H,15,18)(H,14,16,17). The molecule has 0 aliphatic carbocycles. The molecule has 2 aromatic heterocycles. The first kappa shape index (κ1) is 13.2. The van der Waals surface area contributed by atoms with E-state index in [1.807, 2.05) is 18.4 Å². The van der Waals surface area contributed by atoms with Gasteiger partial charge >= 0.3 is 0 Å². The van der Waals surface area contributed by atoms with Crippen molar-refractivity contribution in [2.24, 2.45) is 0 Å². The van der Waals surface area contributed by atoms with E-state index in [0.29, 0.717) is 10.7 Å². The lowest BCUT2D eigenvalue weighted by Crippen LogP contribution is -2.32. The fourth-order valence-electron chi connectivity index (χ4n) is 1.45. The van der Waals surface area contributed by atoms with Crippen LogP contribution in [0.15, 0.2) is 35.8 Å². The van der Waals surface area contributed by atoms with Gasteiger partial charge in [-0.25, -0.2) is 4.98 Å². The molecule has 5 nitrogen and oxygen atoms in total. The number of hydrogen-bond donors (Lipinski definition) is 2. The first-order valence-electron chi connectivity index (χ1n) is 5.69. The molecular formula is C13H13N3O2S. The molecule has 98 valence electrons. The van der Waals surface area contributed by atoms with Crippen molar-refractivity contribution >= 4 is 29.0 Å². The zero-order chi connectivity index (χ0) is 13.7. The number of carbonyl (C=O) groups is 2. The van der Waals surface area contributed by atoms with Crippen molar-refractivity contribution in [2.75, 3.05) is 11.9 Å². The van der Waals surface area contributed by atoms with Crippen molar-refractivity contribution < 1.29 is 9.59 Å². The number of rotatable bonds is 4. The Kier molecular flexibility index (Phi) is 4.25. The second kappa shape index (κ2) is 6.10. The summed E-state index contributed by atoms with van der Waals surface area (Å²) in [6.45, 7) is 1.84. The summed E-state index contributed by atoms with van der Waals surface area (Å²) in [6.07, 6.45) is 1.62. The van der Waals surface area contributed by atoms with Gasteiger partial charge in [0.1, 0.15) is 5.82 Å². The third-order valence-electron chi connectivity index (χ3n) is 2.34. The molecule has 6 heteroatoms. The van der Waals surface area contributed by atoms with E-state index in [4.69, 9.17) is 0 Å². The lowest BCUT2D eigenvalue weighted by atomic mass is 10.3. The SMILES string of the molecule is Cc1ccnc(NC(=O)CNC(=O)c2cccs2)c1. The maximum Gasteiger partial charge on any atom is 0.261 e. The summed E-state index contributed by atoms with van der Waals surface area (Å²) < 4.78 is 0. The van der Waals surface area contributed by atoms with Crippen molar-refractivity contribution in [3.63, 3.8) is 0 Å². The van der Waals surface area contributed by atoms with Gasteiger partial charge in [0.2, 0.25) is 5.91 Å². The Labute approximate surface area is 114 Å². The van der Waals surface area contributed by atoms with E-state index in [2.05, 4.69) is 15.6 Å². The highest BCUT2D eigenvalue weighted by Gasteiger charge is 2.09. The van der Waals surface area contributed by atoms with E-state index >= 15 is 0 Å². The quantitative estimate of drug-likeness (QED) is 0.894. The van der Waals surface area contributed by atoms with Gasteiger partial charge in [-0.1, -0.05) is 6.07 Å². The van der Waals surface area contributed by atoms with Crippen molar-refractivity contribution in [3.05, 3.63) is 46.3 Å². The minimum Gasteiger partial charge on any atom is -0.342 e. The zero-order valence-corrected chi connectivity index (χ0v) is 11.2. The van der Waals surface area contributed by atoms with Crippen LogP contribution in [0, 0.1) is 6.92 Å². The van der Waals surface area contributed by atoms with E-state index in [1.54, 1.807) is 24.4 Å². The van der Waals surface area contributed by atoms with Gasteiger partial charge in [0.25, 0.3) is 5.91 Å². The third-order valence-corrected chi connectivity index (χ3v) is 3.21. The Bertz CT molecular complexity index is 581. The zero-order valence-electron chi connectivity index (χ0n) is 10.3. The van der Waals surface area contributed by atoms with Gasteiger partial charge in [0.05, 0.1) is 11.4 Å². The van der Waals surface area contributed by atoms with Crippen LogP contribution in [0.2, 0.25) is 0 Å². The van der Waals surface area contributed by atoms with Gasteiger partial charge in [0, 0.05) is 6.20 Å². The minimum atomic E-state index is -0.303. The van der Waals surface area contributed by atoms with Gasteiger partial charge < -0.3 is 10.6 Å². The highest BCUT2D eigenvalue weighted by molar-refractivity contribution is 7.12. The molecule has 2 N–H and O–H groups in total. The highest BCUT2D eigenvalue weighted by Crippen LogP contribution is 2.07. The molecule has 0 radical (unpaired) electrons. The molecule has 0 bridgehead atoms. The molecule has 0 unspecified atom stereocenters. The molecular weight excluding hydrogens is 262 g/mol. The second-order valence-corrected chi connectivity index (χ2v) is 4.87. The molecule has 0 aromatic carbocycles. The maximum atomic E-state index is 11.6. The van der Waals surface area contributed by atoms with Crippen molar-refractivity contribution in [2.45, 2.75) is 6.92 Å². The Morgan fingerprint density at radius 2 is 2.21 bits per heavy atom. The smallest absolute Gasteiger partial charge is 0.261 e. The molecule has 2 heterocycles. The minimum absolute atomic E-state index is 0.0770. The van der Waals surface area contributed by atoms with Crippen LogP contribution in [-0.2, 0) is 4.79 Å². The van der Waals surface area contributed by atoms with E-state index in [1.165, 1.54) is 11.3 Å². The van der Waals surface area contributed by atoms with Crippen molar-refractivity contribution in [1.29, 1.82) is 0 Å². The number of aryl methyl sites for hydroxylation is 1. The predicted molar refractivity (Wildman–Crippen MR) is 74.3 cm³/mol. The summed E-state index contributed by atoms with van der Waals surface area (Å²) in [6, 6.07) is 7.10. The normalized spacial score (nSPS) is 9.95. The van der Waals surface area contributed by atoms with Gasteiger partial charge in [-0.15, -0.1) is 11.3 Å². The first-order valence-corrected chi connectivity index (χ1v) is 6.57. The van der Waals surface area contributed by atoms with E-state index in [0.717, 1.165) is 5.56 Å². The van der Waals surface area contributed by atoms with Gasteiger partial charge in [-0.2, -0.15) is 0 Å².